The van der Waals surface area contributed by atoms with Gasteiger partial charge in [0.15, 0.2) is 18.9 Å². The van der Waals surface area contributed by atoms with E-state index in [0.717, 1.165) is 25.7 Å². The van der Waals surface area contributed by atoms with E-state index >= 15 is 0 Å². The summed E-state index contributed by atoms with van der Waals surface area (Å²) in [6.07, 6.45) is -14.7. The first-order valence-corrected chi connectivity index (χ1v) is 23.5. The van der Waals surface area contributed by atoms with E-state index in [4.69, 9.17) is 28.4 Å². The van der Waals surface area contributed by atoms with E-state index < -0.39 is 124 Å². The zero-order valence-electron chi connectivity index (χ0n) is 37.4. The molecule has 4 aliphatic carbocycles. The number of hydrogen-bond acceptors (Lipinski definition) is 19. The molecule has 0 aromatic carbocycles. The van der Waals surface area contributed by atoms with Crippen LogP contribution in [0.1, 0.15) is 85.5 Å². The monoisotopic (exact) mass is 920 g/mol. The minimum Gasteiger partial charge on any atom is -0.394 e. The Kier molecular flexibility index (Phi) is 16.3. The summed E-state index contributed by atoms with van der Waals surface area (Å²) in [7, 11) is 0. The van der Waals surface area contributed by atoms with Crippen molar-refractivity contribution < 1.29 is 94.8 Å². The summed E-state index contributed by atoms with van der Waals surface area (Å²) in [6.45, 7) is 6.74. The molecule has 64 heavy (non-hydrogen) atoms. The maximum Gasteiger partial charge on any atom is 0.187 e. The summed E-state index contributed by atoms with van der Waals surface area (Å²) < 4.78 is 34.9. The van der Waals surface area contributed by atoms with Crippen molar-refractivity contribution in [3.8, 4) is 0 Å². The van der Waals surface area contributed by atoms with Crippen LogP contribution in [0.15, 0.2) is 11.6 Å². The standard InChI is InChI=1S/C45H76O19/c1-19(18-59-43-40(37(56)34(53)30(17-48)63-43)64-42-39(58)36(55)33(52)29(16-47)62-42)5-8-26(49)20(2)31-27(50)14-25-23-7-6-21-13-22(9-11-44(21,3)24(23)10-12-45(25,31)4)60-41-38(57)35(54)32(51)28(15-46)61-41/h6,19-20,22-43,46-58H,5,7-18H2,1-4H3. The Hall–Kier alpha value is -1.02. The van der Waals surface area contributed by atoms with Crippen LogP contribution in [-0.4, -0.2) is 203 Å². The van der Waals surface area contributed by atoms with Gasteiger partial charge in [0.2, 0.25) is 0 Å². The van der Waals surface area contributed by atoms with Crippen molar-refractivity contribution in [1.82, 2.24) is 0 Å². The quantitative estimate of drug-likeness (QED) is 0.0774. The smallest absolute Gasteiger partial charge is 0.187 e. The number of hydrogen-bond donors (Lipinski definition) is 13. The van der Waals surface area contributed by atoms with Gasteiger partial charge >= 0.3 is 0 Å². The molecule has 0 amide bonds. The fourth-order valence-corrected chi connectivity index (χ4v) is 13.1. The lowest BCUT2D eigenvalue weighted by Gasteiger charge is -2.58. The molecule has 0 bridgehead atoms. The van der Waals surface area contributed by atoms with Crippen molar-refractivity contribution in [3.63, 3.8) is 0 Å². The van der Waals surface area contributed by atoms with Gasteiger partial charge in [0.05, 0.1) is 44.7 Å². The molecule has 7 rings (SSSR count). The number of allylic oxidation sites excluding steroid dienone is 1. The zero-order valence-corrected chi connectivity index (χ0v) is 37.4. The van der Waals surface area contributed by atoms with Gasteiger partial charge in [0.1, 0.15) is 73.2 Å². The molecule has 26 atom stereocenters. The minimum absolute atomic E-state index is 0.0467. The van der Waals surface area contributed by atoms with Crippen molar-refractivity contribution in [3.05, 3.63) is 11.6 Å². The van der Waals surface area contributed by atoms with E-state index in [1.54, 1.807) is 0 Å². The second-order valence-corrected chi connectivity index (χ2v) is 20.8. The highest BCUT2D eigenvalue weighted by molar-refractivity contribution is 5.26. The topological polar surface area (TPSA) is 318 Å². The molecule has 26 unspecified atom stereocenters. The minimum atomic E-state index is -1.79. The van der Waals surface area contributed by atoms with Crippen LogP contribution in [0.25, 0.3) is 0 Å². The maximum atomic E-state index is 11.8. The third-order valence-corrected chi connectivity index (χ3v) is 17.0. The van der Waals surface area contributed by atoms with Crippen LogP contribution in [0.5, 0.6) is 0 Å². The van der Waals surface area contributed by atoms with Gasteiger partial charge < -0.3 is 94.8 Å². The molecule has 3 saturated carbocycles. The molecule has 13 N–H and O–H groups in total. The SMILES string of the molecule is CC(CCC(O)C(C)C1C(O)CC2C3CC=C4CC(OC5OC(CO)C(O)C(O)C5O)CCC4(C)C3CCC21C)COC1OC(CO)C(O)C(O)C1OC1OC(CO)C(O)C(O)C1O. The molecule has 3 heterocycles. The molecule has 3 aliphatic heterocycles. The first-order chi connectivity index (χ1) is 30.3. The highest BCUT2D eigenvalue weighted by atomic mass is 16.8. The molecule has 7 aliphatic rings. The lowest BCUT2D eigenvalue weighted by molar-refractivity contribution is -0.368. The molecule has 0 radical (unpaired) electrons. The number of aliphatic hydroxyl groups is 13. The number of fused-ring (bicyclic) bond motifs is 5. The summed E-state index contributed by atoms with van der Waals surface area (Å²) in [5.41, 5.74) is 1.05. The normalized spacial score (nSPS) is 51.0. The lowest BCUT2D eigenvalue weighted by Crippen LogP contribution is -2.64. The molecule has 19 heteroatoms. The summed E-state index contributed by atoms with van der Waals surface area (Å²) in [4.78, 5) is 0. The Morgan fingerprint density at radius 3 is 1.83 bits per heavy atom. The Bertz CT molecular complexity index is 1550. The number of aliphatic hydroxyl groups excluding tert-OH is 13. The van der Waals surface area contributed by atoms with E-state index in [0.29, 0.717) is 43.9 Å². The summed E-state index contributed by atoms with van der Waals surface area (Å²) in [6, 6.07) is 0. The van der Waals surface area contributed by atoms with E-state index in [-0.39, 0.29) is 47.2 Å². The van der Waals surface area contributed by atoms with Crippen LogP contribution in [0.3, 0.4) is 0 Å². The van der Waals surface area contributed by atoms with Crippen molar-refractivity contribution in [1.29, 1.82) is 0 Å². The second kappa shape index (κ2) is 20.5. The average Bonchev–Trinajstić information content (AvgIpc) is 3.56. The van der Waals surface area contributed by atoms with Crippen molar-refractivity contribution in [2.75, 3.05) is 26.4 Å². The fraction of sp³-hybridized carbons (Fsp3) is 0.956. The van der Waals surface area contributed by atoms with Crippen LogP contribution < -0.4 is 0 Å². The van der Waals surface area contributed by atoms with Crippen LogP contribution in [0.4, 0.5) is 0 Å². The first kappa shape index (κ1) is 50.8. The number of rotatable bonds is 15. The van der Waals surface area contributed by atoms with Gasteiger partial charge in [0.25, 0.3) is 0 Å². The second-order valence-electron chi connectivity index (χ2n) is 20.8. The molecule has 370 valence electrons. The first-order valence-electron chi connectivity index (χ1n) is 23.5. The largest absolute Gasteiger partial charge is 0.394 e. The van der Waals surface area contributed by atoms with Crippen molar-refractivity contribution in [2.45, 2.75) is 196 Å². The average molecular weight is 921 g/mol. The van der Waals surface area contributed by atoms with Crippen LogP contribution in [-0.2, 0) is 28.4 Å². The number of ether oxygens (including phenoxy) is 6. The molecular weight excluding hydrogens is 844 g/mol. The Morgan fingerprint density at radius 1 is 0.672 bits per heavy atom. The molecule has 0 aromatic heterocycles. The van der Waals surface area contributed by atoms with Crippen LogP contribution in [0, 0.1) is 46.3 Å². The summed E-state index contributed by atoms with van der Waals surface area (Å²) in [5.74, 6) is 0.519. The van der Waals surface area contributed by atoms with Crippen molar-refractivity contribution in [2.24, 2.45) is 46.3 Å². The zero-order chi connectivity index (χ0) is 46.6. The third-order valence-electron chi connectivity index (χ3n) is 17.0. The highest BCUT2D eigenvalue weighted by Crippen LogP contribution is 2.67. The molecule has 3 saturated heterocycles. The maximum absolute atomic E-state index is 11.8. The van der Waals surface area contributed by atoms with E-state index in [2.05, 4.69) is 19.9 Å². The van der Waals surface area contributed by atoms with Gasteiger partial charge in [-0.3, -0.25) is 0 Å². The predicted octanol–water partition coefficient (Wildman–Crippen LogP) is -2.22. The molecule has 0 spiro atoms. The van der Waals surface area contributed by atoms with Crippen LogP contribution >= 0.6 is 0 Å². The van der Waals surface area contributed by atoms with Gasteiger partial charge in [-0.15, -0.1) is 0 Å². The van der Waals surface area contributed by atoms with Gasteiger partial charge in [-0.05, 0) is 104 Å². The van der Waals surface area contributed by atoms with Gasteiger partial charge in [-0.25, -0.2) is 0 Å². The third kappa shape index (κ3) is 9.50. The van der Waals surface area contributed by atoms with Gasteiger partial charge in [-0.1, -0.05) is 39.3 Å². The molecule has 19 nitrogen and oxygen atoms in total. The van der Waals surface area contributed by atoms with Crippen LogP contribution in [0.2, 0.25) is 0 Å². The predicted molar refractivity (Wildman–Crippen MR) is 221 cm³/mol. The molecule has 6 fully saturated rings. The molecular formula is C45H76O19. The lowest BCUT2D eigenvalue weighted by atomic mass is 9.47. The highest BCUT2D eigenvalue weighted by Gasteiger charge is 2.62. The molecule has 0 aromatic rings. The Labute approximate surface area is 374 Å². The van der Waals surface area contributed by atoms with Gasteiger partial charge in [-0.2, -0.15) is 0 Å². The van der Waals surface area contributed by atoms with Gasteiger partial charge in [0, 0.05) is 0 Å². The Morgan fingerprint density at radius 2 is 1.23 bits per heavy atom. The Balaban J connectivity index is 0.935. The summed E-state index contributed by atoms with van der Waals surface area (Å²) in [5, 5.41) is 136. The van der Waals surface area contributed by atoms with Crippen molar-refractivity contribution >= 4 is 0 Å². The van der Waals surface area contributed by atoms with E-state index in [9.17, 15) is 66.4 Å². The summed E-state index contributed by atoms with van der Waals surface area (Å²) >= 11 is 0. The van der Waals surface area contributed by atoms with E-state index in [1.807, 2.05) is 13.8 Å². The van der Waals surface area contributed by atoms with E-state index in [1.165, 1.54) is 5.57 Å². The fourth-order valence-electron chi connectivity index (χ4n) is 13.1.